The highest BCUT2D eigenvalue weighted by Crippen LogP contribution is 2.26. The van der Waals surface area contributed by atoms with Crippen LogP contribution in [0, 0.1) is 0 Å². The molecule has 19 heavy (non-hydrogen) atoms. The van der Waals surface area contributed by atoms with Crippen molar-refractivity contribution in [3.05, 3.63) is 45.1 Å². The Balaban J connectivity index is 2.19. The number of rotatable bonds is 4. The third-order valence-corrected chi connectivity index (χ3v) is 3.48. The minimum absolute atomic E-state index is 0.184. The fourth-order valence-corrected chi connectivity index (χ4v) is 2.40. The average Bonchev–Trinajstić information content (AvgIpc) is 2.70. The molecule has 0 unspecified atom stereocenters. The van der Waals surface area contributed by atoms with E-state index in [0.29, 0.717) is 17.3 Å². The van der Waals surface area contributed by atoms with Gasteiger partial charge in [-0.1, -0.05) is 27.5 Å². The van der Waals surface area contributed by atoms with Gasteiger partial charge in [0.05, 0.1) is 29.1 Å². The molecule has 1 aromatic carbocycles. The van der Waals surface area contributed by atoms with Crippen LogP contribution in [0.15, 0.2) is 28.9 Å². The Hall–Kier alpha value is -1.53. The smallest absolute Gasteiger partial charge is 0.339 e. The second-order valence-electron chi connectivity index (χ2n) is 3.91. The quantitative estimate of drug-likeness (QED) is 0.894. The van der Waals surface area contributed by atoms with Crippen LogP contribution in [-0.2, 0) is 13.6 Å². The lowest BCUT2D eigenvalue weighted by Crippen LogP contribution is -2.10. The van der Waals surface area contributed by atoms with Crippen molar-refractivity contribution in [1.82, 2.24) is 9.78 Å². The molecule has 0 aliphatic heterocycles. The molecule has 0 saturated heterocycles. The minimum Gasteiger partial charge on any atom is -0.478 e. The number of nitrogens with one attached hydrogen (secondary N) is 1. The summed E-state index contributed by atoms with van der Waals surface area (Å²) in [7, 11) is 1.70. The SMILES string of the molecule is Cn1ncc(C(=O)O)c1CNc1ccc(Br)cc1Cl. The van der Waals surface area contributed by atoms with E-state index in [1.807, 2.05) is 12.1 Å². The van der Waals surface area contributed by atoms with E-state index in [9.17, 15) is 4.79 Å². The first-order valence-corrected chi connectivity index (χ1v) is 6.59. The zero-order valence-corrected chi connectivity index (χ0v) is 12.4. The van der Waals surface area contributed by atoms with Crippen molar-refractivity contribution in [2.75, 3.05) is 5.32 Å². The molecule has 0 radical (unpaired) electrons. The maximum atomic E-state index is 11.0. The van der Waals surface area contributed by atoms with Crippen LogP contribution >= 0.6 is 27.5 Å². The summed E-state index contributed by atoms with van der Waals surface area (Å²) < 4.78 is 2.42. The van der Waals surface area contributed by atoms with Gasteiger partial charge in [0.15, 0.2) is 0 Å². The largest absolute Gasteiger partial charge is 0.478 e. The summed E-state index contributed by atoms with van der Waals surface area (Å²) in [4.78, 5) is 11.0. The van der Waals surface area contributed by atoms with Gasteiger partial charge < -0.3 is 10.4 Å². The summed E-state index contributed by atoms with van der Waals surface area (Å²) in [5.41, 5.74) is 1.51. The van der Waals surface area contributed by atoms with Crippen molar-refractivity contribution >= 4 is 39.2 Å². The standard InChI is InChI=1S/C12H11BrClN3O2/c1-17-11(8(5-16-17)12(18)19)6-15-10-3-2-7(13)4-9(10)14/h2-5,15H,6H2,1H3,(H,18,19). The number of aromatic carboxylic acids is 1. The molecule has 7 heteroatoms. The van der Waals surface area contributed by atoms with E-state index in [0.717, 1.165) is 10.2 Å². The average molecular weight is 345 g/mol. The highest BCUT2D eigenvalue weighted by molar-refractivity contribution is 9.10. The van der Waals surface area contributed by atoms with Crippen LogP contribution in [0.1, 0.15) is 16.1 Å². The Bertz CT molecular complexity index is 627. The predicted octanol–water partition coefficient (Wildman–Crippen LogP) is 3.15. The number of carboxylic acid groups (broad SMARTS) is 1. The van der Waals surface area contributed by atoms with Gasteiger partial charge in [0.2, 0.25) is 0 Å². The molecule has 0 aliphatic carbocycles. The zero-order valence-electron chi connectivity index (χ0n) is 10.0. The fourth-order valence-electron chi connectivity index (χ4n) is 1.66. The van der Waals surface area contributed by atoms with E-state index in [4.69, 9.17) is 16.7 Å². The molecule has 0 spiro atoms. The molecule has 2 aromatic rings. The maximum absolute atomic E-state index is 11.0. The summed E-state index contributed by atoms with van der Waals surface area (Å²) in [6.07, 6.45) is 1.34. The molecule has 2 rings (SSSR count). The first kappa shape index (κ1) is 13.9. The zero-order chi connectivity index (χ0) is 14.0. The molecular weight excluding hydrogens is 334 g/mol. The fraction of sp³-hybridized carbons (Fsp3) is 0.167. The van der Waals surface area contributed by atoms with Crippen LogP contribution in [-0.4, -0.2) is 20.9 Å². The van der Waals surface area contributed by atoms with Gasteiger partial charge in [-0.05, 0) is 18.2 Å². The summed E-state index contributed by atoms with van der Waals surface area (Å²) in [6.45, 7) is 0.333. The first-order chi connectivity index (χ1) is 8.99. The van der Waals surface area contributed by atoms with Crippen LogP contribution in [0.25, 0.3) is 0 Å². The summed E-state index contributed by atoms with van der Waals surface area (Å²) in [5.74, 6) is -0.994. The summed E-state index contributed by atoms with van der Waals surface area (Å²) >= 11 is 9.40. The van der Waals surface area contributed by atoms with E-state index < -0.39 is 5.97 Å². The van der Waals surface area contributed by atoms with Gasteiger partial charge in [-0.15, -0.1) is 0 Å². The summed E-state index contributed by atoms with van der Waals surface area (Å²) in [6, 6.07) is 5.45. The molecule has 100 valence electrons. The Kier molecular flexibility index (Phi) is 4.11. The molecule has 1 heterocycles. The highest BCUT2D eigenvalue weighted by atomic mass is 79.9. The molecule has 5 nitrogen and oxygen atoms in total. The molecule has 0 bridgehead atoms. The normalized spacial score (nSPS) is 10.5. The van der Waals surface area contributed by atoms with E-state index in [1.54, 1.807) is 13.1 Å². The van der Waals surface area contributed by atoms with Crippen molar-refractivity contribution in [3.63, 3.8) is 0 Å². The lowest BCUT2D eigenvalue weighted by atomic mass is 10.2. The molecule has 1 aromatic heterocycles. The van der Waals surface area contributed by atoms with E-state index in [2.05, 4.69) is 26.3 Å². The Labute approximate surface area is 123 Å². The van der Waals surface area contributed by atoms with Crippen molar-refractivity contribution in [3.8, 4) is 0 Å². The number of aryl methyl sites for hydroxylation is 1. The topological polar surface area (TPSA) is 67.2 Å². The van der Waals surface area contributed by atoms with Crippen molar-refractivity contribution < 1.29 is 9.90 Å². The van der Waals surface area contributed by atoms with E-state index in [1.165, 1.54) is 10.9 Å². The number of hydrogen-bond donors (Lipinski definition) is 2. The van der Waals surface area contributed by atoms with Crippen LogP contribution < -0.4 is 5.32 Å². The van der Waals surface area contributed by atoms with Crippen molar-refractivity contribution in [2.24, 2.45) is 7.05 Å². The van der Waals surface area contributed by atoms with E-state index >= 15 is 0 Å². The lowest BCUT2D eigenvalue weighted by molar-refractivity contribution is 0.0695. The van der Waals surface area contributed by atoms with Crippen LogP contribution in [0.4, 0.5) is 5.69 Å². The number of halogens is 2. The number of carboxylic acids is 1. The van der Waals surface area contributed by atoms with Gasteiger partial charge in [-0.25, -0.2) is 4.79 Å². The number of nitrogens with zero attached hydrogens (tertiary/aromatic N) is 2. The molecule has 0 saturated carbocycles. The number of anilines is 1. The molecule has 0 amide bonds. The highest BCUT2D eigenvalue weighted by Gasteiger charge is 2.14. The molecule has 0 atom stereocenters. The van der Waals surface area contributed by atoms with Crippen LogP contribution in [0.5, 0.6) is 0 Å². The molecule has 2 N–H and O–H groups in total. The van der Waals surface area contributed by atoms with Gasteiger partial charge in [-0.2, -0.15) is 5.10 Å². The number of carbonyl (C=O) groups is 1. The van der Waals surface area contributed by atoms with Gasteiger partial charge in [0, 0.05) is 11.5 Å². The second-order valence-corrected chi connectivity index (χ2v) is 5.23. The Morgan fingerprint density at radius 3 is 2.95 bits per heavy atom. The van der Waals surface area contributed by atoms with Gasteiger partial charge in [-0.3, -0.25) is 4.68 Å². The van der Waals surface area contributed by atoms with Gasteiger partial charge in [0.25, 0.3) is 0 Å². The predicted molar refractivity (Wildman–Crippen MR) is 76.6 cm³/mol. The van der Waals surface area contributed by atoms with Crippen LogP contribution in [0.3, 0.4) is 0 Å². The van der Waals surface area contributed by atoms with Gasteiger partial charge in [0.1, 0.15) is 5.56 Å². The monoisotopic (exact) mass is 343 g/mol. The Morgan fingerprint density at radius 2 is 2.32 bits per heavy atom. The molecular formula is C12H11BrClN3O2. The van der Waals surface area contributed by atoms with E-state index in [-0.39, 0.29) is 5.56 Å². The van der Waals surface area contributed by atoms with Crippen LogP contribution in [0.2, 0.25) is 5.02 Å². The molecule has 0 aliphatic rings. The molecule has 0 fully saturated rings. The second kappa shape index (κ2) is 5.63. The third kappa shape index (κ3) is 3.08. The third-order valence-electron chi connectivity index (χ3n) is 2.67. The van der Waals surface area contributed by atoms with Crippen molar-refractivity contribution in [2.45, 2.75) is 6.54 Å². The van der Waals surface area contributed by atoms with Crippen molar-refractivity contribution in [1.29, 1.82) is 0 Å². The number of benzene rings is 1. The minimum atomic E-state index is -0.994. The maximum Gasteiger partial charge on any atom is 0.339 e. The summed E-state index contributed by atoms with van der Waals surface area (Å²) in [5, 5.41) is 16.7. The van der Waals surface area contributed by atoms with Gasteiger partial charge >= 0.3 is 5.97 Å². The lowest BCUT2D eigenvalue weighted by Gasteiger charge is -2.09. The number of aromatic nitrogens is 2. The number of hydrogen-bond acceptors (Lipinski definition) is 3. The first-order valence-electron chi connectivity index (χ1n) is 5.42. The Morgan fingerprint density at radius 1 is 1.58 bits per heavy atom.